The summed E-state index contributed by atoms with van der Waals surface area (Å²) in [7, 11) is -3.09. The van der Waals surface area contributed by atoms with Crippen LogP contribution < -0.4 is 5.73 Å². The standard InChI is InChI=1S/C13H23N3O3S/c1-4-10-8-11(16(5-2)15-10)9-13(17)12(14)6-7-20(3,18)19/h8,12H,4-7,9,14H2,1-3H3. The summed E-state index contributed by atoms with van der Waals surface area (Å²) in [6.45, 7) is 4.66. The Morgan fingerprint density at radius 1 is 1.45 bits per heavy atom. The molecule has 0 saturated heterocycles. The van der Waals surface area contributed by atoms with E-state index in [1.54, 1.807) is 4.68 Å². The summed E-state index contributed by atoms with van der Waals surface area (Å²) in [6, 6.07) is 1.17. The lowest BCUT2D eigenvalue weighted by molar-refractivity contribution is -0.119. The third-order valence-corrected chi connectivity index (χ3v) is 4.12. The van der Waals surface area contributed by atoms with E-state index < -0.39 is 15.9 Å². The number of sulfone groups is 1. The number of rotatable bonds is 8. The van der Waals surface area contributed by atoms with Crippen LogP contribution in [-0.2, 0) is 34.0 Å². The van der Waals surface area contributed by atoms with Crippen molar-refractivity contribution in [3.8, 4) is 0 Å². The van der Waals surface area contributed by atoms with Gasteiger partial charge in [-0.2, -0.15) is 5.10 Å². The average molecular weight is 301 g/mol. The van der Waals surface area contributed by atoms with Crippen molar-refractivity contribution in [2.45, 2.75) is 45.7 Å². The third kappa shape index (κ3) is 5.05. The van der Waals surface area contributed by atoms with E-state index in [-0.39, 0.29) is 24.4 Å². The van der Waals surface area contributed by atoms with Crippen LogP contribution in [0.3, 0.4) is 0 Å². The molecule has 0 aliphatic carbocycles. The number of Topliss-reactive ketones (excluding diaryl/α,β-unsaturated/α-hetero) is 1. The number of hydrogen-bond acceptors (Lipinski definition) is 5. The molecule has 2 N–H and O–H groups in total. The van der Waals surface area contributed by atoms with Gasteiger partial charge in [0, 0.05) is 18.5 Å². The Labute approximate surface area is 120 Å². The van der Waals surface area contributed by atoms with Crippen molar-refractivity contribution in [3.05, 3.63) is 17.5 Å². The number of aryl methyl sites for hydroxylation is 2. The number of nitrogens with zero attached hydrogens (tertiary/aromatic N) is 2. The van der Waals surface area contributed by atoms with Gasteiger partial charge in [-0.25, -0.2) is 8.42 Å². The molecule has 1 heterocycles. The highest BCUT2D eigenvalue weighted by Gasteiger charge is 2.18. The molecule has 1 aromatic rings. The first-order valence-corrected chi connectivity index (χ1v) is 8.84. The normalized spacial score (nSPS) is 13.4. The zero-order valence-electron chi connectivity index (χ0n) is 12.3. The lowest BCUT2D eigenvalue weighted by atomic mass is 10.1. The topological polar surface area (TPSA) is 95.0 Å². The maximum absolute atomic E-state index is 12.0. The van der Waals surface area contributed by atoms with E-state index >= 15 is 0 Å². The van der Waals surface area contributed by atoms with Crippen molar-refractivity contribution in [1.82, 2.24) is 9.78 Å². The van der Waals surface area contributed by atoms with E-state index in [2.05, 4.69) is 5.10 Å². The molecule has 6 nitrogen and oxygen atoms in total. The molecule has 0 spiro atoms. The Morgan fingerprint density at radius 2 is 2.10 bits per heavy atom. The lowest BCUT2D eigenvalue weighted by Gasteiger charge is -2.10. The predicted molar refractivity (Wildman–Crippen MR) is 78.3 cm³/mol. The molecule has 0 saturated carbocycles. The number of nitrogens with two attached hydrogens (primary N) is 1. The summed E-state index contributed by atoms with van der Waals surface area (Å²) in [5.74, 6) is -0.210. The fourth-order valence-corrected chi connectivity index (χ4v) is 2.60. The second-order valence-corrected chi connectivity index (χ2v) is 7.22. The minimum absolute atomic E-state index is 0.0623. The second-order valence-electron chi connectivity index (χ2n) is 4.96. The van der Waals surface area contributed by atoms with Crippen LogP contribution in [0, 0.1) is 0 Å². The summed E-state index contributed by atoms with van der Waals surface area (Å²) < 4.78 is 23.9. The van der Waals surface area contributed by atoms with Crippen LogP contribution in [-0.4, -0.2) is 42.0 Å². The molecule has 1 rings (SSSR count). The van der Waals surface area contributed by atoms with Crippen molar-refractivity contribution >= 4 is 15.6 Å². The van der Waals surface area contributed by atoms with E-state index in [0.29, 0.717) is 6.54 Å². The zero-order valence-corrected chi connectivity index (χ0v) is 13.1. The van der Waals surface area contributed by atoms with Gasteiger partial charge in [0.25, 0.3) is 0 Å². The van der Waals surface area contributed by atoms with Gasteiger partial charge in [0.2, 0.25) is 0 Å². The number of carbonyl (C=O) groups is 1. The van der Waals surface area contributed by atoms with Crippen LogP contribution in [0.25, 0.3) is 0 Å². The van der Waals surface area contributed by atoms with Crippen molar-refractivity contribution in [1.29, 1.82) is 0 Å². The Balaban J connectivity index is 2.67. The minimum Gasteiger partial charge on any atom is -0.321 e. The molecule has 1 unspecified atom stereocenters. The van der Waals surface area contributed by atoms with E-state index in [1.165, 1.54) is 0 Å². The highest BCUT2D eigenvalue weighted by atomic mass is 32.2. The molecular formula is C13H23N3O3S. The van der Waals surface area contributed by atoms with Crippen molar-refractivity contribution in [2.75, 3.05) is 12.0 Å². The van der Waals surface area contributed by atoms with Crippen LogP contribution in [0.15, 0.2) is 6.07 Å². The molecule has 0 radical (unpaired) electrons. The molecule has 20 heavy (non-hydrogen) atoms. The molecule has 1 atom stereocenters. The van der Waals surface area contributed by atoms with Gasteiger partial charge in [-0.3, -0.25) is 9.48 Å². The van der Waals surface area contributed by atoms with Crippen LogP contribution in [0.2, 0.25) is 0 Å². The highest BCUT2D eigenvalue weighted by molar-refractivity contribution is 7.90. The highest BCUT2D eigenvalue weighted by Crippen LogP contribution is 2.08. The molecule has 0 fully saturated rings. The maximum atomic E-state index is 12.0. The SMILES string of the molecule is CCc1cc(CC(=O)C(N)CCS(C)(=O)=O)n(CC)n1. The van der Waals surface area contributed by atoms with Gasteiger partial charge in [-0.1, -0.05) is 6.92 Å². The molecule has 0 bridgehead atoms. The molecule has 1 aromatic heterocycles. The van der Waals surface area contributed by atoms with E-state index in [0.717, 1.165) is 24.1 Å². The Kier molecular flexibility index (Phi) is 5.88. The maximum Gasteiger partial charge on any atom is 0.155 e. The van der Waals surface area contributed by atoms with Crippen LogP contribution in [0.4, 0.5) is 0 Å². The van der Waals surface area contributed by atoms with Gasteiger partial charge in [0.05, 0.1) is 23.9 Å². The number of ketones is 1. The Hall–Kier alpha value is -1.21. The van der Waals surface area contributed by atoms with Crippen molar-refractivity contribution in [3.63, 3.8) is 0 Å². The quantitative estimate of drug-likeness (QED) is 0.747. The monoisotopic (exact) mass is 301 g/mol. The number of carbonyl (C=O) groups excluding carboxylic acids is 1. The van der Waals surface area contributed by atoms with E-state index in [9.17, 15) is 13.2 Å². The molecule has 0 amide bonds. The molecule has 0 aromatic carbocycles. The lowest BCUT2D eigenvalue weighted by Crippen LogP contribution is -2.34. The van der Waals surface area contributed by atoms with Crippen LogP contribution >= 0.6 is 0 Å². The summed E-state index contributed by atoms with van der Waals surface area (Å²) >= 11 is 0. The molecule has 0 aliphatic heterocycles. The fraction of sp³-hybridized carbons (Fsp3) is 0.692. The van der Waals surface area contributed by atoms with Crippen molar-refractivity contribution < 1.29 is 13.2 Å². The number of aromatic nitrogens is 2. The number of hydrogen-bond donors (Lipinski definition) is 1. The average Bonchev–Trinajstić information content (AvgIpc) is 2.77. The van der Waals surface area contributed by atoms with Crippen LogP contribution in [0.5, 0.6) is 0 Å². The molecular weight excluding hydrogens is 278 g/mol. The van der Waals surface area contributed by atoms with Gasteiger partial charge in [-0.15, -0.1) is 0 Å². The molecule has 114 valence electrons. The van der Waals surface area contributed by atoms with Crippen molar-refractivity contribution in [2.24, 2.45) is 5.73 Å². The first-order valence-electron chi connectivity index (χ1n) is 6.78. The van der Waals surface area contributed by atoms with Crippen LogP contribution in [0.1, 0.15) is 31.7 Å². The largest absolute Gasteiger partial charge is 0.321 e. The smallest absolute Gasteiger partial charge is 0.155 e. The second kappa shape index (κ2) is 6.99. The molecule has 7 heteroatoms. The van der Waals surface area contributed by atoms with Gasteiger partial charge in [-0.05, 0) is 25.8 Å². The third-order valence-electron chi connectivity index (χ3n) is 3.14. The van der Waals surface area contributed by atoms with Gasteiger partial charge in [0.15, 0.2) is 5.78 Å². The van der Waals surface area contributed by atoms with Gasteiger partial charge < -0.3 is 5.73 Å². The van der Waals surface area contributed by atoms with E-state index in [1.807, 2.05) is 19.9 Å². The Bertz CT molecular complexity index is 563. The summed E-state index contributed by atoms with van der Waals surface area (Å²) in [4.78, 5) is 12.0. The summed E-state index contributed by atoms with van der Waals surface area (Å²) in [6.07, 6.45) is 2.32. The van der Waals surface area contributed by atoms with Gasteiger partial charge in [0.1, 0.15) is 9.84 Å². The first-order chi connectivity index (χ1) is 9.26. The van der Waals surface area contributed by atoms with E-state index in [4.69, 9.17) is 5.73 Å². The predicted octanol–water partition coefficient (Wildman–Crippen LogP) is 0.339. The zero-order chi connectivity index (χ0) is 15.3. The molecule has 0 aliphatic rings. The summed E-state index contributed by atoms with van der Waals surface area (Å²) in [5.41, 5.74) is 7.54. The Morgan fingerprint density at radius 3 is 2.60 bits per heavy atom. The fourth-order valence-electron chi connectivity index (χ4n) is 1.92. The van der Waals surface area contributed by atoms with Gasteiger partial charge >= 0.3 is 0 Å². The first kappa shape index (κ1) is 16.8. The minimum atomic E-state index is -3.09. The summed E-state index contributed by atoms with van der Waals surface area (Å²) in [5, 5.41) is 4.37.